The summed E-state index contributed by atoms with van der Waals surface area (Å²) >= 11 is 0. The molecule has 3 amide bonds. The first-order chi connectivity index (χ1) is 10.6. The number of nitrogens with two attached hydrogens (primary N) is 1. The molecular formula is C14H26N4O4. The van der Waals surface area contributed by atoms with Crippen LogP contribution in [-0.2, 0) is 9.53 Å². The van der Waals surface area contributed by atoms with Gasteiger partial charge in [0.25, 0.3) is 5.91 Å². The lowest BCUT2D eigenvalue weighted by Gasteiger charge is -2.37. The molecule has 8 nitrogen and oxygen atoms in total. The predicted octanol–water partition coefficient (Wildman–Crippen LogP) is -1.27. The molecule has 2 saturated heterocycles. The zero-order valence-electron chi connectivity index (χ0n) is 12.9. The molecule has 8 heteroatoms. The van der Waals surface area contributed by atoms with Gasteiger partial charge in [0, 0.05) is 32.8 Å². The standard InChI is InChI=1S/C14H26N4O4/c15-4-10-22-11-8-18-12(20)14(16-13(18)21)2-6-17(7-3-14)5-1-9-19/h19H,1-11,15H2,(H,16,21). The quantitative estimate of drug-likeness (QED) is 0.381. The Morgan fingerprint density at radius 2 is 1.95 bits per heavy atom. The number of carbonyl (C=O) groups excluding carboxylic acids is 2. The number of carbonyl (C=O) groups is 2. The van der Waals surface area contributed by atoms with Gasteiger partial charge < -0.3 is 25.8 Å². The number of aliphatic hydroxyl groups is 1. The fourth-order valence-corrected chi connectivity index (χ4v) is 3.01. The Balaban J connectivity index is 1.85. The molecule has 0 atom stereocenters. The Morgan fingerprint density at radius 1 is 1.23 bits per heavy atom. The van der Waals surface area contributed by atoms with E-state index in [-0.39, 0.29) is 25.1 Å². The molecule has 2 aliphatic rings. The lowest BCUT2D eigenvalue weighted by molar-refractivity contribution is -0.133. The number of imide groups is 1. The number of nitrogens with one attached hydrogen (secondary N) is 1. The largest absolute Gasteiger partial charge is 0.396 e. The number of rotatable bonds is 8. The maximum Gasteiger partial charge on any atom is 0.325 e. The Hall–Kier alpha value is -1.22. The van der Waals surface area contributed by atoms with Crippen molar-refractivity contribution >= 4 is 11.9 Å². The van der Waals surface area contributed by atoms with E-state index in [2.05, 4.69) is 10.2 Å². The molecule has 1 spiro atoms. The van der Waals surface area contributed by atoms with Crippen LogP contribution in [0.15, 0.2) is 0 Å². The normalized spacial score (nSPS) is 21.6. The smallest absolute Gasteiger partial charge is 0.325 e. The van der Waals surface area contributed by atoms with Crippen LogP contribution in [0.4, 0.5) is 4.79 Å². The van der Waals surface area contributed by atoms with Crippen LogP contribution in [0.25, 0.3) is 0 Å². The molecule has 0 unspecified atom stereocenters. The fourth-order valence-electron chi connectivity index (χ4n) is 3.01. The van der Waals surface area contributed by atoms with Gasteiger partial charge in [0.05, 0.1) is 19.8 Å². The Kier molecular flexibility index (Phi) is 6.13. The van der Waals surface area contributed by atoms with Crippen LogP contribution >= 0.6 is 0 Å². The van der Waals surface area contributed by atoms with Crippen LogP contribution in [0.3, 0.4) is 0 Å². The number of piperidine rings is 1. The van der Waals surface area contributed by atoms with E-state index in [1.807, 2.05) is 0 Å². The first-order valence-corrected chi connectivity index (χ1v) is 7.88. The Morgan fingerprint density at radius 3 is 2.59 bits per heavy atom. The van der Waals surface area contributed by atoms with Gasteiger partial charge in [-0.2, -0.15) is 0 Å². The van der Waals surface area contributed by atoms with Gasteiger partial charge in [0.15, 0.2) is 0 Å². The van der Waals surface area contributed by atoms with Crippen molar-refractivity contribution in [3.8, 4) is 0 Å². The van der Waals surface area contributed by atoms with Gasteiger partial charge in [-0.05, 0) is 19.3 Å². The van der Waals surface area contributed by atoms with Crippen molar-refractivity contribution < 1.29 is 19.4 Å². The van der Waals surface area contributed by atoms with Crippen molar-refractivity contribution in [2.75, 3.05) is 52.5 Å². The molecule has 0 radical (unpaired) electrons. The molecule has 0 bridgehead atoms. The van der Waals surface area contributed by atoms with Crippen LogP contribution < -0.4 is 11.1 Å². The lowest BCUT2D eigenvalue weighted by atomic mass is 9.87. The van der Waals surface area contributed by atoms with E-state index in [1.165, 1.54) is 4.90 Å². The van der Waals surface area contributed by atoms with E-state index in [4.69, 9.17) is 15.6 Å². The third-order valence-electron chi connectivity index (χ3n) is 4.31. The van der Waals surface area contributed by atoms with E-state index in [0.717, 1.165) is 26.1 Å². The average molecular weight is 314 g/mol. The van der Waals surface area contributed by atoms with Gasteiger partial charge >= 0.3 is 6.03 Å². The predicted molar refractivity (Wildman–Crippen MR) is 80.2 cm³/mol. The third kappa shape index (κ3) is 3.75. The second-order valence-electron chi connectivity index (χ2n) is 5.79. The summed E-state index contributed by atoms with van der Waals surface area (Å²) in [7, 11) is 0. The minimum absolute atomic E-state index is 0.143. The number of urea groups is 1. The van der Waals surface area contributed by atoms with Gasteiger partial charge in [-0.25, -0.2) is 4.79 Å². The molecule has 2 fully saturated rings. The van der Waals surface area contributed by atoms with Crippen LogP contribution in [0.5, 0.6) is 0 Å². The number of amides is 3. The van der Waals surface area contributed by atoms with Gasteiger partial charge in [-0.1, -0.05) is 0 Å². The second kappa shape index (κ2) is 7.87. The maximum atomic E-state index is 12.6. The highest BCUT2D eigenvalue weighted by molar-refractivity contribution is 6.07. The van der Waals surface area contributed by atoms with E-state index >= 15 is 0 Å². The highest BCUT2D eigenvalue weighted by Gasteiger charge is 2.51. The van der Waals surface area contributed by atoms with Gasteiger partial charge in [-0.15, -0.1) is 0 Å². The Bertz CT molecular complexity index is 396. The first kappa shape index (κ1) is 17.1. The number of hydrogen-bond acceptors (Lipinski definition) is 6. The molecule has 126 valence electrons. The molecule has 0 aromatic rings. The SMILES string of the molecule is NCCOCCN1C(=O)NC2(CCN(CCCO)CC2)C1=O. The maximum absolute atomic E-state index is 12.6. The van der Waals surface area contributed by atoms with Crippen LogP contribution in [0.1, 0.15) is 19.3 Å². The highest BCUT2D eigenvalue weighted by Crippen LogP contribution is 2.29. The molecular weight excluding hydrogens is 288 g/mol. The van der Waals surface area contributed by atoms with Crippen LogP contribution in [0.2, 0.25) is 0 Å². The van der Waals surface area contributed by atoms with E-state index in [9.17, 15) is 9.59 Å². The molecule has 0 aromatic heterocycles. The summed E-state index contributed by atoms with van der Waals surface area (Å²) in [5.41, 5.74) is 4.58. The fraction of sp³-hybridized carbons (Fsp3) is 0.857. The highest BCUT2D eigenvalue weighted by atomic mass is 16.5. The second-order valence-corrected chi connectivity index (χ2v) is 5.79. The van der Waals surface area contributed by atoms with E-state index in [1.54, 1.807) is 0 Å². The number of aliphatic hydroxyl groups excluding tert-OH is 1. The van der Waals surface area contributed by atoms with Gasteiger partial charge in [0.1, 0.15) is 5.54 Å². The van der Waals surface area contributed by atoms with Crippen LogP contribution in [-0.4, -0.2) is 84.9 Å². The third-order valence-corrected chi connectivity index (χ3v) is 4.31. The minimum atomic E-state index is -0.749. The first-order valence-electron chi connectivity index (χ1n) is 7.88. The summed E-state index contributed by atoms with van der Waals surface area (Å²) in [5, 5.41) is 11.7. The van der Waals surface area contributed by atoms with Crippen molar-refractivity contribution in [3.63, 3.8) is 0 Å². The topological polar surface area (TPSA) is 108 Å². The summed E-state index contributed by atoms with van der Waals surface area (Å²) < 4.78 is 5.25. The van der Waals surface area contributed by atoms with Crippen molar-refractivity contribution in [1.82, 2.24) is 15.1 Å². The zero-order chi connectivity index (χ0) is 16.0. The Labute approximate surface area is 130 Å². The summed E-state index contributed by atoms with van der Waals surface area (Å²) in [6, 6.07) is -0.329. The monoisotopic (exact) mass is 314 g/mol. The number of hydrogen-bond donors (Lipinski definition) is 3. The number of ether oxygens (including phenoxy) is 1. The number of nitrogens with zero attached hydrogens (tertiary/aromatic N) is 2. The molecule has 2 rings (SSSR count). The van der Waals surface area contributed by atoms with Gasteiger partial charge in [0.2, 0.25) is 0 Å². The summed E-state index contributed by atoms with van der Waals surface area (Å²) in [4.78, 5) is 28.1. The van der Waals surface area contributed by atoms with Crippen molar-refractivity contribution in [2.45, 2.75) is 24.8 Å². The molecule has 2 aliphatic heterocycles. The summed E-state index contributed by atoms with van der Waals surface area (Å²) in [6.45, 7) is 3.93. The van der Waals surface area contributed by atoms with Crippen LogP contribution in [0, 0.1) is 0 Å². The van der Waals surface area contributed by atoms with Crippen molar-refractivity contribution in [1.29, 1.82) is 0 Å². The lowest BCUT2D eigenvalue weighted by Crippen LogP contribution is -2.55. The summed E-state index contributed by atoms with van der Waals surface area (Å²) in [6.07, 6.45) is 1.96. The molecule has 2 heterocycles. The summed E-state index contributed by atoms with van der Waals surface area (Å²) in [5.74, 6) is -0.143. The van der Waals surface area contributed by atoms with Crippen molar-refractivity contribution in [3.05, 3.63) is 0 Å². The molecule has 0 aliphatic carbocycles. The van der Waals surface area contributed by atoms with Gasteiger partial charge in [-0.3, -0.25) is 9.69 Å². The number of likely N-dealkylation sites (tertiary alicyclic amines) is 1. The molecule has 22 heavy (non-hydrogen) atoms. The molecule has 0 saturated carbocycles. The molecule has 0 aromatic carbocycles. The van der Waals surface area contributed by atoms with E-state index in [0.29, 0.717) is 32.6 Å². The minimum Gasteiger partial charge on any atom is -0.396 e. The molecule has 4 N–H and O–H groups in total. The van der Waals surface area contributed by atoms with Crippen molar-refractivity contribution in [2.24, 2.45) is 5.73 Å². The average Bonchev–Trinajstić information content (AvgIpc) is 2.75. The van der Waals surface area contributed by atoms with E-state index < -0.39 is 5.54 Å². The zero-order valence-corrected chi connectivity index (χ0v) is 12.9.